The minimum atomic E-state index is 0.669. The maximum Gasteiger partial charge on any atom is 0.247 e. The summed E-state index contributed by atoms with van der Waals surface area (Å²) in [5.74, 6) is 3.05. The molecule has 3 rings (SSSR count). The fourth-order valence-corrected chi connectivity index (χ4v) is 2.96. The van der Waals surface area contributed by atoms with Gasteiger partial charge in [-0.2, -0.15) is 10.1 Å². The van der Waals surface area contributed by atoms with Gasteiger partial charge in [0.25, 0.3) is 0 Å². The van der Waals surface area contributed by atoms with Gasteiger partial charge >= 0.3 is 0 Å². The van der Waals surface area contributed by atoms with E-state index in [2.05, 4.69) is 56.3 Å². The number of nitrogens with zero attached hydrogens (tertiary/aromatic N) is 5. The highest BCUT2D eigenvalue weighted by atomic mass is 16.5. The van der Waals surface area contributed by atoms with Gasteiger partial charge in [-0.25, -0.2) is 0 Å². The zero-order chi connectivity index (χ0) is 18.4. The molecule has 1 aromatic carbocycles. The number of ether oxygens (including phenoxy) is 1. The average molecular weight is 356 g/mol. The normalized spacial score (nSPS) is 14.6. The van der Waals surface area contributed by atoms with Crippen LogP contribution in [0.2, 0.25) is 0 Å². The fraction of sp³-hybridized carbons (Fsp3) is 0.526. The number of anilines is 3. The van der Waals surface area contributed by atoms with Crippen molar-refractivity contribution in [3.05, 3.63) is 30.5 Å². The molecule has 1 fully saturated rings. The molecule has 0 aliphatic carbocycles. The van der Waals surface area contributed by atoms with Crippen LogP contribution < -0.4 is 19.9 Å². The first kappa shape index (κ1) is 18.2. The summed E-state index contributed by atoms with van der Waals surface area (Å²) in [7, 11) is 1.69. The zero-order valence-electron chi connectivity index (χ0n) is 15.9. The van der Waals surface area contributed by atoms with Crippen molar-refractivity contribution >= 4 is 17.5 Å². The molecule has 2 aromatic rings. The summed E-state index contributed by atoms with van der Waals surface area (Å²) >= 11 is 0. The van der Waals surface area contributed by atoms with Gasteiger partial charge in [-0.05, 0) is 36.6 Å². The molecule has 7 heteroatoms. The Morgan fingerprint density at radius 3 is 2.42 bits per heavy atom. The SMILES string of the molecule is COc1ccc(N2CCN(c3nncc(NCCC(C)C)n3)CC2)cc1. The lowest BCUT2D eigenvalue weighted by atomic mass is 10.1. The van der Waals surface area contributed by atoms with Gasteiger partial charge in [0.05, 0.1) is 13.3 Å². The molecule has 140 valence electrons. The molecule has 1 aliphatic heterocycles. The largest absolute Gasteiger partial charge is 0.497 e. The molecule has 0 saturated carbocycles. The Labute approximate surface area is 155 Å². The standard InChI is InChI=1S/C19H28N6O/c1-15(2)8-9-20-18-14-21-23-19(22-18)25-12-10-24(11-13-25)16-4-6-17(26-3)7-5-16/h4-7,14-15H,8-13H2,1-3H3,(H,20,22,23). The Morgan fingerprint density at radius 1 is 1.08 bits per heavy atom. The van der Waals surface area contributed by atoms with Gasteiger partial charge in [-0.1, -0.05) is 13.8 Å². The van der Waals surface area contributed by atoms with Crippen molar-refractivity contribution in [2.45, 2.75) is 20.3 Å². The van der Waals surface area contributed by atoms with E-state index in [0.29, 0.717) is 11.9 Å². The monoisotopic (exact) mass is 356 g/mol. The first-order valence-corrected chi connectivity index (χ1v) is 9.23. The van der Waals surface area contributed by atoms with Gasteiger partial charge in [0, 0.05) is 38.4 Å². The van der Waals surface area contributed by atoms with Gasteiger partial charge in [0.2, 0.25) is 5.95 Å². The van der Waals surface area contributed by atoms with Crippen LogP contribution in [0.15, 0.2) is 30.5 Å². The summed E-state index contributed by atoms with van der Waals surface area (Å²) in [5, 5.41) is 11.7. The van der Waals surface area contributed by atoms with E-state index in [1.165, 1.54) is 5.69 Å². The number of methoxy groups -OCH3 is 1. The van der Waals surface area contributed by atoms with E-state index in [0.717, 1.165) is 50.7 Å². The van der Waals surface area contributed by atoms with Crippen LogP contribution in [0.25, 0.3) is 0 Å². The highest BCUT2D eigenvalue weighted by Gasteiger charge is 2.20. The first-order chi connectivity index (χ1) is 12.7. The van der Waals surface area contributed by atoms with Crippen LogP contribution >= 0.6 is 0 Å². The van der Waals surface area contributed by atoms with Gasteiger partial charge in [0.1, 0.15) is 5.75 Å². The molecule has 0 bridgehead atoms. The lowest BCUT2D eigenvalue weighted by Gasteiger charge is -2.36. The van der Waals surface area contributed by atoms with Crippen molar-refractivity contribution in [1.82, 2.24) is 15.2 Å². The maximum atomic E-state index is 5.23. The summed E-state index contributed by atoms with van der Waals surface area (Å²) in [6.45, 7) is 8.95. The Kier molecular flexibility index (Phi) is 6.09. The number of hydrogen-bond acceptors (Lipinski definition) is 7. The molecule has 0 spiro atoms. The maximum absolute atomic E-state index is 5.23. The van der Waals surface area contributed by atoms with E-state index < -0.39 is 0 Å². The van der Waals surface area contributed by atoms with Gasteiger partial charge in [0.15, 0.2) is 5.82 Å². The molecular weight excluding hydrogens is 328 g/mol. The molecule has 1 aliphatic rings. The van der Waals surface area contributed by atoms with Crippen molar-refractivity contribution in [3.8, 4) is 5.75 Å². The Bertz CT molecular complexity index is 683. The average Bonchev–Trinajstić information content (AvgIpc) is 2.68. The Balaban J connectivity index is 1.55. The highest BCUT2D eigenvalue weighted by molar-refractivity contribution is 5.51. The van der Waals surface area contributed by atoms with E-state index in [-0.39, 0.29) is 0 Å². The molecule has 1 aromatic heterocycles. The topological polar surface area (TPSA) is 66.4 Å². The number of rotatable bonds is 7. The molecule has 1 N–H and O–H groups in total. The van der Waals surface area contributed by atoms with Crippen LogP contribution in [-0.4, -0.2) is 55.0 Å². The lowest BCUT2D eigenvalue weighted by molar-refractivity contribution is 0.415. The number of nitrogens with one attached hydrogen (secondary N) is 1. The van der Waals surface area contributed by atoms with Crippen molar-refractivity contribution in [2.75, 3.05) is 55.0 Å². The number of aromatic nitrogens is 3. The number of piperazine rings is 1. The zero-order valence-corrected chi connectivity index (χ0v) is 15.9. The predicted molar refractivity (Wildman–Crippen MR) is 105 cm³/mol. The van der Waals surface area contributed by atoms with Gasteiger partial charge < -0.3 is 19.9 Å². The van der Waals surface area contributed by atoms with E-state index in [1.54, 1.807) is 13.3 Å². The molecule has 0 unspecified atom stereocenters. The van der Waals surface area contributed by atoms with Crippen LogP contribution in [0.3, 0.4) is 0 Å². The Hall–Kier alpha value is -2.57. The molecule has 2 heterocycles. The first-order valence-electron chi connectivity index (χ1n) is 9.23. The van der Waals surface area contributed by atoms with E-state index in [4.69, 9.17) is 4.74 Å². The lowest BCUT2D eigenvalue weighted by Crippen LogP contribution is -2.47. The molecule has 1 saturated heterocycles. The van der Waals surface area contributed by atoms with Crippen LogP contribution in [0.1, 0.15) is 20.3 Å². The van der Waals surface area contributed by atoms with Crippen LogP contribution in [-0.2, 0) is 0 Å². The smallest absolute Gasteiger partial charge is 0.247 e. The van der Waals surface area contributed by atoms with E-state index >= 15 is 0 Å². The molecular formula is C19H28N6O. The van der Waals surface area contributed by atoms with Crippen molar-refractivity contribution in [1.29, 1.82) is 0 Å². The van der Waals surface area contributed by atoms with E-state index in [1.807, 2.05) is 12.1 Å². The second-order valence-corrected chi connectivity index (χ2v) is 6.92. The minimum absolute atomic E-state index is 0.669. The fourth-order valence-electron chi connectivity index (χ4n) is 2.96. The number of benzene rings is 1. The van der Waals surface area contributed by atoms with Gasteiger partial charge in [-0.15, -0.1) is 5.10 Å². The summed E-state index contributed by atoms with van der Waals surface area (Å²) in [5.41, 5.74) is 1.22. The molecule has 0 atom stereocenters. The van der Waals surface area contributed by atoms with Crippen molar-refractivity contribution in [2.24, 2.45) is 5.92 Å². The second kappa shape index (κ2) is 8.69. The predicted octanol–water partition coefficient (Wildman–Crippen LogP) is 2.66. The quantitative estimate of drug-likeness (QED) is 0.818. The van der Waals surface area contributed by atoms with E-state index in [9.17, 15) is 0 Å². The van der Waals surface area contributed by atoms with Crippen LogP contribution in [0, 0.1) is 5.92 Å². The second-order valence-electron chi connectivity index (χ2n) is 6.92. The molecule has 0 amide bonds. The third kappa shape index (κ3) is 4.74. The molecule has 0 radical (unpaired) electrons. The summed E-state index contributed by atoms with van der Waals surface area (Å²) < 4.78 is 5.23. The summed E-state index contributed by atoms with van der Waals surface area (Å²) in [6, 6.07) is 8.21. The summed E-state index contributed by atoms with van der Waals surface area (Å²) in [4.78, 5) is 9.18. The van der Waals surface area contributed by atoms with Crippen molar-refractivity contribution < 1.29 is 4.74 Å². The number of hydrogen-bond donors (Lipinski definition) is 1. The molecule has 7 nitrogen and oxygen atoms in total. The van der Waals surface area contributed by atoms with Crippen LogP contribution in [0.5, 0.6) is 5.75 Å². The van der Waals surface area contributed by atoms with Gasteiger partial charge in [-0.3, -0.25) is 0 Å². The highest BCUT2D eigenvalue weighted by Crippen LogP contribution is 2.21. The molecule has 26 heavy (non-hydrogen) atoms. The van der Waals surface area contributed by atoms with Crippen molar-refractivity contribution in [3.63, 3.8) is 0 Å². The summed E-state index contributed by atoms with van der Waals surface area (Å²) in [6.07, 6.45) is 2.80. The van der Waals surface area contributed by atoms with Crippen LogP contribution in [0.4, 0.5) is 17.5 Å². The Morgan fingerprint density at radius 2 is 1.77 bits per heavy atom. The third-order valence-corrected chi connectivity index (χ3v) is 4.58. The minimum Gasteiger partial charge on any atom is -0.497 e. The third-order valence-electron chi connectivity index (χ3n) is 4.58.